The lowest BCUT2D eigenvalue weighted by Crippen LogP contribution is -2.40. The van der Waals surface area contributed by atoms with Crippen molar-refractivity contribution in [1.82, 2.24) is 20.4 Å². The molecule has 0 radical (unpaired) electrons. The summed E-state index contributed by atoms with van der Waals surface area (Å²) < 4.78 is 5.12. The number of halogens is 1. The van der Waals surface area contributed by atoms with Crippen LogP contribution in [0.1, 0.15) is 44.0 Å². The monoisotopic (exact) mass is 348 g/mol. The third kappa shape index (κ3) is 2.75. The van der Waals surface area contributed by atoms with E-state index < -0.39 is 11.6 Å². The Morgan fingerprint density at radius 3 is 2.54 bits per heavy atom. The number of nitrogens with one attached hydrogen (secondary N) is 1. The number of hydrogen-bond acceptors (Lipinski definition) is 5. The fraction of sp³-hybridized carbons (Fsp3) is 0.375. The van der Waals surface area contributed by atoms with Gasteiger partial charge in [-0.3, -0.25) is 9.69 Å². The summed E-state index contributed by atoms with van der Waals surface area (Å²) in [5.74, 6) is 0.490. The molecule has 24 heavy (non-hydrogen) atoms. The first kappa shape index (κ1) is 16.4. The Morgan fingerprint density at radius 2 is 1.96 bits per heavy atom. The van der Waals surface area contributed by atoms with Crippen molar-refractivity contribution >= 4 is 23.5 Å². The molecule has 2 heterocycles. The molecule has 1 atom stereocenters. The molecule has 1 saturated heterocycles. The average Bonchev–Trinajstić information content (AvgIpc) is 3.08. The molecule has 0 aliphatic carbocycles. The zero-order chi connectivity index (χ0) is 17.5. The van der Waals surface area contributed by atoms with Crippen LogP contribution in [-0.4, -0.2) is 27.0 Å². The summed E-state index contributed by atoms with van der Waals surface area (Å²) in [7, 11) is 0. The number of hydrogen-bond donors (Lipinski definition) is 1. The van der Waals surface area contributed by atoms with E-state index in [1.165, 1.54) is 0 Å². The summed E-state index contributed by atoms with van der Waals surface area (Å²) in [6.07, 6.45) is 0. The molecule has 0 unspecified atom stereocenters. The van der Waals surface area contributed by atoms with Crippen molar-refractivity contribution in [1.29, 1.82) is 0 Å². The molecular formula is C16H17ClN4O3. The zero-order valence-corrected chi connectivity index (χ0v) is 14.3. The Balaban J connectivity index is 1.84. The van der Waals surface area contributed by atoms with Crippen LogP contribution >= 0.6 is 11.6 Å². The van der Waals surface area contributed by atoms with Gasteiger partial charge in [-0.25, -0.2) is 4.79 Å². The normalized spacial score (nSPS) is 20.8. The third-order valence-corrected chi connectivity index (χ3v) is 4.24. The Morgan fingerprint density at radius 1 is 1.29 bits per heavy atom. The highest BCUT2D eigenvalue weighted by Crippen LogP contribution is 2.30. The number of rotatable bonds is 4. The van der Waals surface area contributed by atoms with Gasteiger partial charge in [-0.2, -0.15) is 4.98 Å². The van der Waals surface area contributed by atoms with Crippen LogP contribution in [0.3, 0.4) is 0 Å². The predicted molar refractivity (Wildman–Crippen MR) is 86.3 cm³/mol. The van der Waals surface area contributed by atoms with Crippen molar-refractivity contribution in [2.75, 3.05) is 0 Å². The highest BCUT2D eigenvalue weighted by molar-refractivity contribution is 6.30. The fourth-order valence-corrected chi connectivity index (χ4v) is 2.65. The standard InChI is InChI=1S/C16H17ClN4O3/c1-9(2)13-18-12(24-20-13)8-21-14(22)16(3,19-15(21)23)10-4-6-11(17)7-5-10/h4-7,9H,8H2,1-3H3,(H,19,23)/t16-/m0/s1. The molecule has 1 aliphatic heterocycles. The average molecular weight is 349 g/mol. The molecule has 3 rings (SSSR count). The van der Waals surface area contributed by atoms with E-state index in [-0.39, 0.29) is 24.3 Å². The SMILES string of the molecule is CC(C)c1noc(CN2C(=O)N[C@@](C)(c3ccc(Cl)cc3)C2=O)n1. The van der Waals surface area contributed by atoms with Gasteiger partial charge < -0.3 is 9.84 Å². The maximum atomic E-state index is 12.8. The molecule has 8 heteroatoms. The molecule has 0 saturated carbocycles. The van der Waals surface area contributed by atoms with Crippen LogP contribution in [0.25, 0.3) is 0 Å². The summed E-state index contributed by atoms with van der Waals surface area (Å²) in [5, 5.41) is 7.12. The fourth-order valence-electron chi connectivity index (χ4n) is 2.52. The van der Waals surface area contributed by atoms with Crippen LogP contribution < -0.4 is 5.32 Å². The molecule has 1 aromatic carbocycles. The second-order valence-corrected chi connectivity index (χ2v) is 6.59. The molecule has 0 bridgehead atoms. The first-order valence-corrected chi connectivity index (χ1v) is 7.91. The largest absolute Gasteiger partial charge is 0.337 e. The van der Waals surface area contributed by atoms with Gasteiger partial charge in [0.05, 0.1) is 0 Å². The van der Waals surface area contributed by atoms with E-state index >= 15 is 0 Å². The minimum Gasteiger partial charge on any atom is -0.337 e. The van der Waals surface area contributed by atoms with Gasteiger partial charge in [0.15, 0.2) is 5.82 Å². The molecule has 1 fully saturated rings. The molecule has 1 N–H and O–H groups in total. The zero-order valence-electron chi connectivity index (χ0n) is 13.5. The van der Waals surface area contributed by atoms with Crippen molar-refractivity contribution in [3.63, 3.8) is 0 Å². The number of benzene rings is 1. The Kier molecular flexibility index (Phi) is 4.04. The summed E-state index contributed by atoms with van der Waals surface area (Å²) in [4.78, 5) is 30.3. The summed E-state index contributed by atoms with van der Waals surface area (Å²) in [6.45, 7) is 5.46. The molecule has 1 aromatic heterocycles. The molecule has 0 spiro atoms. The van der Waals surface area contributed by atoms with Crippen LogP contribution in [-0.2, 0) is 16.9 Å². The topological polar surface area (TPSA) is 88.3 Å². The molecular weight excluding hydrogens is 332 g/mol. The van der Waals surface area contributed by atoms with Crippen molar-refractivity contribution in [2.24, 2.45) is 0 Å². The number of carbonyl (C=O) groups is 2. The highest BCUT2D eigenvalue weighted by atomic mass is 35.5. The van der Waals surface area contributed by atoms with Crippen LogP contribution in [0.4, 0.5) is 4.79 Å². The molecule has 1 aliphatic rings. The van der Waals surface area contributed by atoms with Gasteiger partial charge in [0.2, 0.25) is 5.89 Å². The Bertz CT molecular complexity index is 787. The second kappa shape index (κ2) is 5.90. The molecule has 126 valence electrons. The van der Waals surface area contributed by atoms with Crippen LogP contribution in [0.5, 0.6) is 0 Å². The third-order valence-electron chi connectivity index (χ3n) is 3.99. The van der Waals surface area contributed by atoms with Gasteiger partial charge in [-0.15, -0.1) is 0 Å². The van der Waals surface area contributed by atoms with E-state index in [1.807, 2.05) is 13.8 Å². The number of amides is 3. The van der Waals surface area contributed by atoms with Crippen molar-refractivity contribution in [3.8, 4) is 0 Å². The molecule has 3 amide bonds. The van der Waals surface area contributed by atoms with Gasteiger partial charge in [0.1, 0.15) is 12.1 Å². The van der Waals surface area contributed by atoms with Gasteiger partial charge in [-0.05, 0) is 24.6 Å². The second-order valence-electron chi connectivity index (χ2n) is 6.15. The van der Waals surface area contributed by atoms with Crippen LogP contribution in [0.2, 0.25) is 5.02 Å². The first-order chi connectivity index (χ1) is 11.3. The van der Waals surface area contributed by atoms with Crippen LogP contribution in [0.15, 0.2) is 28.8 Å². The van der Waals surface area contributed by atoms with Gasteiger partial charge in [-0.1, -0.05) is 42.7 Å². The number of carbonyl (C=O) groups excluding carboxylic acids is 2. The number of urea groups is 1. The summed E-state index contributed by atoms with van der Waals surface area (Å²) in [6, 6.07) is 6.29. The van der Waals surface area contributed by atoms with E-state index in [9.17, 15) is 9.59 Å². The lowest BCUT2D eigenvalue weighted by molar-refractivity contribution is -0.131. The maximum absolute atomic E-state index is 12.8. The molecule has 7 nitrogen and oxygen atoms in total. The predicted octanol–water partition coefficient (Wildman–Crippen LogP) is 2.81. The van der Waals surface area contributed by atoms with Gasteiger partial charge >= 0.3 is 6.03 Å². The van der Waals surface area contributed by atoms with Crippen molar-refractivity contribution in [3.05, 3.63) is 46.6 Å². The lowest BCUT2D eigenvalue weighted by atomic mass is 9.92. The maximum Gasteiger partial charge on any atom is 0.325 e. The minimum atomic E-state index is -1.15. The van der Waals surface area contributed by atoms with E-state index in [0.717, 1.165) is 4.90 Å². The van der Waals surface area contributed by atoms with E-state index in [4.69, 9.17) is 16.1 Å². The van der Waals surface area contributed by atoms with E-state index in [0.29, 0.717) is 16.4 Å². The Labute approximate surface area is 144 Å². The highest BCUT2D eigenvalue weighted by Gasteiger charge is 2.49. The smallest absolute Gasteiger partial charge is 0.325 e. The van der Waals surface area contributed by atoms with Crippen LogP contribution in [0, 0.1) is 0 Å². The summed E-state index contributed by atoms with van der Waals surface area (Å²) >= 11 is 5.88. The van der Waals surface area contributed by atoms with E-state index in [1.54, 1.807) is 31.2 Å². The number of aromatic nitrogens is 2. The number of imide groups is 1. The minimum absolute atomic E-state index is 0.0619. The summed E-state index contributed by atoms with van der Waals surface area (Å²) in [5.41, 5.74) is -0.496. The van der Waals surface area contributed by atoms with E-state index in [2.05, 4.69) is 15.5 Å². The lowest BCUT2D eigenvalue weighted by Gasteiger charge is -2.22. The van der Waals surface area contributed by atoms with Crippen molar-refractivity contribution < 1.29 is 14.1 Å². The quantitative estimate of drug-likeness (QED) is 0.858. The Hall–Kier alpha value is -2.41. The van der Waals surface area contributed by atoms with Gasteiger partial charge in [0, 0.05) is 10.9 Å². The number of nitrogens with zero attached hydrogens (tertiary/aromatic N) is 3. The first-order valence-electron chi connectivity index (χ1n) is 7.54. The molecule has 2 aromatic rings. The van der Waals surface area contributed by atoms with Crippen molar-refractivity contribution in [2.45, 2.75) is 38.8 Å². The van der Waals surface area contributed by atoms with Gasteiger partial charge in [0.25, 0.3) is 5.91 Å².